The van der Waals surface area contributed by atoms with Crippen molar-refractivity contribution in [3.63, 3.8) is 0 Å². The number of rotatable bonds is 6. The molecule has 136 valence electrons. The third-order valence-electron chi connectivity index (χ3n) is 4.33. The summed E-state index contributed by atoms with van der Waals surface area (Å²) in [6, 6.07) is 11.9. The van der Waals surface area contributed by atoms with Gasteiger partial charge >= 0.3 is 0 Å². The molecule has 1 aromatic heterocycles. The number of nitrogens with one attached hydrogen (secondary N) is 1. The Bertz CT molecular complexity index is 876. The second-order valence-corrected chi connectivity index (χ2v) is 6.09. The van der Waals surface area contributed by atoms with E-state index in [0.29, 0.717) is 18.0 Å². The fraction of sp³-hybridized carbons (Fsp3) is 0.250. The zero-order valence-corrected chi connectivity index (χ0v) is 15.4. The summed E-state index contributed by atoms with van der Waals surface area (Å²) in [6.45, 7) is 2.59. The Hall–Kier alpha value is -3.15. The molecule has 2 N–H and O–H groups in total. The summed E-state index contributed by atoms with van der Waals surface area (Å²) in [5.41, 5.74) is 4.29. The molecule has 26 heavy (non-hydrogen) atoms. The molecule has 0 radical (unpaired) electrons. The number of aryl methyl sites for hydroxylation is 1. The van der Waals surface area contributed by atoms with Crippen molar-refractivity contribution >= 4 is 5.95 Å². The number of methoxy groups -OCH3 is 2. The normalized spacial score (nSPS) is 10.6. The number of aromatic hydroxyl groups is 1. The van der Waals surface area contributed by atoms with Crippen LogP contribution in [-0.2, 0) is 13.6 Å². The highest BCUT2D eigenvalue weighted by Crippen LogP contribution is 2.37. The van der Waals surface area contributed by atoms with Gasteiger partial charge in [-0.2, -0.15) is 0 Å². The van der Waals surface area contributed by atoms with Crippen molar-refractivity contribution in [2.24, 2.45) is 7.05 Å². The summed E-state index contributed by atoms with van der Waals surface area (Å²) in [7, 11) is 5.00. The number of imidazole rings is 1. The Labute approximate surface area is 153 Å². The molecule has 0 aliphatic carbocycles. The van der Waals surface area contributed by atoms with Crippen LogP contribution in [0.25, 0.3) is 11.3 Å². The summed E-state index contributed by atoms with van der Waals surface area (Å²) < 4.78 is 12.4. The van der Waals surface area contributed by atoms with Crippen LogP contribution in [0.4, 0.5) is 5.95 Å². The highest BCUT2D eigenvalue weighted by atomic mass is 16.5. The molecule has 0 unspecified atom stereocenters. The third kappa shape index (κ3) is 3.44. The first-order valence-corrected chi connectivity index (χ1v) is 8.30. The van der Waals surface area contributed by atoms with Crippen molar-refractivity contribution in [2.75, 3.05) is 19.5 Å². The van der Waals surface area contributed by atoms with Gasteiger partial charge in [0.2, 0.25) is 11.7 Å². The number of aromatic nitrogens is 2. The van der Waals surface area contributed by atoms with Crippen LogP contribution >= 0.6 is 0 Å². The van der Waals surface area contributed by atoms with E-state index >= 15 is 0 Å². The van der Waals surface area contributed by atoms with Crippen molar-refractivity contribution in [3.8, 4) is 28.5 Å². The van der Waals surface area contributed by atoms with Gasteiger partial charge in [-0.05, 0) is 30.2 Å². The lowest BCUT2D eigenvalue weighted by Crippen LogP contribution is -2.06. The van der Waals surface area contributed by atoms with E-state index in [-0.39, 0.29) is 5.75 Å². The minimum atomic E-state index is -0.00241. The summed E-state index contributed by atoms with van der Waals surface area (Å²) in [6.07, 6.45) is 1.85. The number of benzene rings is 2. The van der Waals surface area contributed by atoms with Gasteiger partial charge < -0.3 is 24.5 Å². The molecule has 0 atom stereocenters. The van der Waals surface area contributed by atoms with Crippen LogP contribution in [0.2, 0.25) is 0 Å². The minimum Gasteiger partial charge on any atom is -0.502 e. The average Bonchev–Trinajstić information content (AvgIpc) is 3.02. The molecule has 0 bridgehead atoms. The van der Waals surface area contributed by atoms with Gasteiger partial charge in [-0.25, -0.2) is 4.98 Å². The fourth-order valence-corrected chi connectivity index (χ4v) is 2.80. The second-order valence-electron chi connectivity index (χ2n) is 6.09. The smallest absolute Gasteiger partial charge is 0.203 e. The Kier molecular flexibility index (Phi) is 5.02. The molecular weight excluding hydrogens is 330 g/mol. The van der Waals surface area contributed by atoms with Crippen LogP contribution in [0, 0.1) is 6.92 Å². The van der Waals surface area contributed by atoms with E-state index in [1.165, 1.54) is 19.8 Å². The number of phenols is 1. The van der Waals surface area contributed by atoms with E-state index in [0.717, 1.165) is 22.8 Å². The van der Waals surface area contributed by atoms with E-state index in [9.17, 15) is 5.11 Å². The van der Waals surface area contributed by atoms with E-state index in [4.69, 9.17) is 9.47 Å². The van der Waals surface area contributed by atoms with Gasteiger partial charge in [0, 0.05) is 13.6 Å². The molecule has 0 saturated carbocycles. The Morgan fingerprint density at radius 3 is 2.27 bits per heavy atom. The van der Waals surface area contributed by atoms with Crippen molar-refractivity contribution in [1.29, 1.82) is 0 Å². The van der Waals surface area contributed by atoms with Crippen LogP contribution in [0.15, 0.2) is 42.6 Å². The Morgan fingerprint density at radius 1 is 1.08 bits per heavy atom. The van der Waals surface area contributed by atoms with Gasteiger partial charge in [0.05, 0.1) is 26.1 Å². The molecule has 0 saturated heterocycles. The second kappa shape index (κ2) is 7.39. The molecule has 3 aromatic rings. The Morgan fingerprint density at radius 2 is 1.69 bits per heavy atom. The molecule has 2 aromatic carbocycles. The van der Waals surface area contributed by atoms with Crippen molar-refractivity contribution in [3.05, 3.63) is 53.7 Å². The molecule has 3 rings (SSSR count). The van der Waals surface area contributed by atoms with Gasteiger partial charge in [-0.3, -0.25) is 0 Å². The summed E-state index contributed by atoms with van der Waals surface area (Å²) in [5, 5.41) is 13.3. The average molecular weight is 353 g/mol. The largest absolute Gasteiger partial charge is 0.502 e. The topological polar surface area (TPSA) is 68.5 Å². The first kappa shape index (κ1) is 17.7. The summed E-state index contributed by atoms with van der Waals surface area (Å²) in [4.78, 5) is 4.47. The lowest BCUT2D eigenvalue weighted by atomic mass is 10.1. The van der Waals surface area contributed by atoms with Gasteiger partial charge in [-0.15, -0.1) is 0 Å². The maximum absolute atomic E-state index is 10.0. The molecule has 0 spiro atoms. The maximum Gasteiger partial charge on any atom is 0.203 e. The number of nitrogens with zero attached hydrogens (tertiary/aromatic N) is 2. The molecule has 0 aliphatic heterocycles. The van der Waals surface area contributed by atoms with Crippen molar-refractivity contribution in [1.82, 2.24) is 9.55 Å². The number of hydrogen-bond acceptors (Lipinski definition) is 5. The highest BCUT2D eigenvalue weighted by molar-refractivity contribution is 5.62. The predicted octanol–water partition coefficient (Wildman–Crippen LogP) is 3.73. The number of hydrogen-bond donors (Lipinski definition) is 2. The van der Waals surface area contributed by atoms with Crippen molar-refractivity contribution in [2.45, 2.75) is 13.5 Å². The SMILES string of the molecule is COc1cc(CNc2ncc(-c3ccc(C)cc3)n2C)cc(OC)c1O. The van der Waals surface area contributed by atoms with Crippen LogP contribution < -0.4 is 14.8 Å². The van der Waals surface area contributed by atoms with Gasteiger partial charge in [-0.1, -0.05) is 29.8 Å². The molecule has 1 heterocycles. The monoisotopic (exact) mass is 353 g/mol. The first-order valence-electron chi connectivity index (χ1n) is 8.30. The standard InChI is InChI=1S/C20H23N3O3/c1-13-5-7-15(8-6-13)16-12-22-20(23(16)2)21-11-14-9-17(25-3)19(24)18(10-14)26-4/h5-10,12,24H,11H2,1-4H3,(H,21,22). The van der Waals surface area contributed by atoms with Crippen LogP contribution in [-0.4, -0.2) is 28.9 Å². The molecule has 6 nitrogen and oxygen atoms in total. The fourth-order valence-electron chi connectivity index (χ4n) is 2.80. The van der Waals surface area contributed by atoms with Crippen LogP contribution in [0.5, 0.6) is 17.2 Å². The lowest BCUT2D eigenvalue weighted by Gasteiger charge is -2.12. The van der Waals surface area contributed by atoms with E-state index in [1.54, 1.807) is 12.1 Å². The lowest BCUT2D eigenvalue weighted by molar-refractivity contribution is 0.339. The van der Waals surface area contributed by atoms with Gasteiger partial charge in [0.15, 0.2) is 11.5 Å². The van der Waals surface area contributed by atoms with Crippen LogP contribution in [0.1, 0.15) is 11.1 Å². The number of phenolic OH excluding ortho intramolecular Hbond substituents is 1. The molecule has 0 fully saturated rings. The first-order chi connectivity index (χ1) is 12.5. The summed E-state index contributed by atoms with van der Waals surface area (Å²) in [5.74, 6) is 1.51. The van der Waals surface area contributed by atoms with E-state index in [1.807, 2.05) is 17.8 Å². The van der Waals surface area contributed by atoms with Crippen LogP contribution in [0.3, 0.4) is 0 Å². The zero-order valence-electron chi connectivity index (χ0n) is 15.4. The molecule has 6 heteroatoms. The molecule has 0 amide bonds. The molecule has 0 aliphatic rings. The summed E-state index contributed by atoms with van der Waals surface area (Å²) >= 11 is 0. The quantitative estimate of drug-likeness (QED) is 0.707. The maximum atomic E-state index is 10.0. The minimum absolute atomic E-state index is 0.00241. The zero-order chi connectivity index (χ0) is 18.7. The van der Waals surface area contributed by atoms with E-state index < -0.39 is 0 Å². The number of ether oxygens (including phenoxy) is 2. The van der Waals surface area contributed by atoms with Gasteiger partial charge in [0.1, 0.15) is 0 Å². The predicted molar refractivity (Wildman–Crippen MR) is 102 cm³/mol. The van der Waals surface area contributed by atoms with Crippen molar-refractivity contribution < 1.29 is 14.6 Å². The number of anilines is 1. The highest BCUT2D eigenvalue weighted by Gasteiger charge is 2.12. The van der Waals surface area contributed by atoms with E-state index in [2.05, 4.69) is 41.5 Å². The van der Waals surface area contributed by atoms with Gasteiger partial charge in [0.25, 0.3) is 0 Å². The Balaban J connectivity index is 1.80. The molecular formula is C20H23N3O3. The third-order valence-corrected chi connectivity index (χ3v) is 4.33.